The van der Waals surface area contributed by atoms with Gasteiger partial charge in [-0.15, -0.1) is 5.10 Å². The van der Waals surface area contributed by atoms with E-state index in [0.717, 1.165) is 47.3 Å². The fourth-order valence-corrected chi connectivity index (χ4v) is 3.22. The van der Waals surface area contributed by atoms with Crippen LogP contribution >= 0.6 is 0 Å². The molecule has 3 aromatic rings. The van der Waals surface area contributed by atoms with Crippen LogP contribution in [-0.2, 0) is 28.8 Å². The molecule has 0 spiro atoms. The summed E-state index contributed by atoms with van der Waals surface area (Å²) in [6, 6.07) is 13.7. The highest BCUT2D eigenvalue weighted by molar-refractivity contribution is 5.83. The van der Waals surface area contributed by atoms with Crippen molar-refractivity contribution in [3.63, 3.8) is 0 Å². The van der Waals surface area contributed by atoms with Crippen molar-refractivity contribution < 1.29 is 14.3 Å². The van der Waals surface area contributed by atoms with Crippen molar-refractivity contribution in [3.05, 3.63) is 71.0 Å². The number of hydrogen-bond donors (Lipinski definition) is 0. The van der Waals surface area contributed by atoms with E-state index in [1.54, 1.807) is 11.8 Å². The molecule has 0 aliphatic carbocycles. The van der Waals surface area contributed by atoms with Gasteiger partial charge in [0.15, 0.2) is 6.79 Å². The monoisotopic (exact) mass is 407 g/mol. The minimum absolute atomic E-state index is 0.164. The quantitative estimate of drug-likeness (QED) is 0.445. The number of rotatable bonds is 11. The van der Waals surface area contributed by atoms with Crippen LogP contribution < -0.4 is 4.74 Å². The minimum atomic E-state index is 0.164. The molecule has 0 amide bonds. The van der Waals surface area contributed by atoms with Crippen LogP contribution in [0.2, 0.25) is 0 Å². The average molecular weight is 408 g/mol. The van der Waals surface area contributed by atoms with Gasteiger partial charge >= 0.3 is 0 Å². The van der Waals surface area contributed by atoms with Crippen molar-refractivity contribution in [2.45, 2.75) is 46.0 Å². The molecule has 0 unspecified atom stereocenters. The van der Waals surface area contributed by atoms with Crippen molar-refractivity contribution in [3.8, 4) is 11.4 Å². The number of benzene rings is 2. The molecule has 0 saturated carbocycles. The minimum Gasteiger partial charge on any atom is -0.468 e. The summed E-state index contributed by atoms with van der Waals surface area (Å²) in [6.45, 7) is 4.36. The second kappa shape index (κ2) is 10.7. The van der Waals surface area contributed by atoms with Gasteiger partial charge in [0.2, 0.25) is 0 Å². The molecular weight excluding hydrogens is 378 g/mol. The van der Waals surface area contributed by atoms with E-state index in [1.165, 1.54) is 0 Å². The lowest BCUT2D eigenvalue weighted by Gasteiger charge is -2.10. The summed E-state index contributed by atoms with van der Waals surface area (Å²) in [7, 11) is 1.58. The van der Waals surface area contributed by atoms with Gasteiger partial charge in [-0.25, -0.2) is 4.68 Å². The van der Waals surface area contributed by atoms with Crippen LogP contribution in [0.1, 0.15) is 42.1 Å². The molecule has 0 radical (unpaired) electrons. The molecule has 2 aromatic carbocycles. The molecule has 6 nitrogen and oxygen atoms in total. The second-order valence-corrected chi connectivity index (χ2v) is 7.46. The summed E-state index contributed by atoms with van der Waals surface area (Å²) in [5, 5.41) is 8.43. The van der Waals surface area contributed by atoms with Crippen molar-refractivity contribution in [1.29, 1.82) is 0 Å². The van der Waals surface area contributed by atoms with Gasteiger partial charge in [-0.1, -0.05) is 36.8 Å². The van der Waals surface area contributed by atoms with E-state index in [9.17, 15) is 4.79 Å². The van der Waals surface area contributed by atoms with Crippen LogP contribution in [0.25, 0.3) is 5.69 Å². The van der Waals surface area contributed by atoms with Gasteiger partial charge in [0.1, 0.15) is 11.5 Å². The largest absolute Gasteiger partial charge is 0.468 e. The number of carbonyl (C=O) groups is 1. The number of hydrogen-bond acceptors (Lipinski definition) is 5. The van der Waals surface area contributed by atoms with Gasteiger partial charge in [-0.3, -0.25) is 4.79 Å². The standard InChI is InChI=1S/C24H29N3O3/c1-4-5-6-21-16-27(26-25-21)22-10-8-19(9-11-22)13-23(28)14-20-15-24(30-17-29-3)12-7-18(20)2/h7-12,15-16H,4-6,13-14,17H2,1-3H3. The third kappa shape index (κ3) is 6.00. The van der Waals surface area contributed by atoms with Gasteiger partial charge in [0.25, 0.3) is 0 Å². The number of methoxy groups -OCH3 is 1. The van der Waals surface area contributed by atoms with Crippen LogP contribution in [0.4, 0.5) is 0 Å². The SMILES string of the molecule is CCCCc1cn(-c2ccc(CC(=O)Cc3cc(OCOC)ccc3C)cc2)nn1. The Morgan fingerprint density at radius 1 is 1.10 bits per heavy atom. The normalized spacial score (nSPS) is 10.9. The molecule has 1 aromatic heterocycles. The Kier molecular flexibility index (Phi) is 7.74. The molecule has 0 atom stereocenters. The van der Waals surface area contributed by atoms with Crippen molar-refractivity contribution in [2.24, 2.45) is 0 Å². The Labute approximate surface area is 177 Å². The second-order valence-electron chi connectivity index (χ2n) is 7.46. The van der Waals surface area contributed by atoms with E-state index in [-0.39, 0.29) is 12.6 Å². The van der Waals surface area contributed by atoms with Crippen LogP contribution in [-0.4, -0.2) is 34.7 Å². The predicted molar refractivity (Wildman–Crippen MR) is 116 cm³/mol. The highest BCUT2D eigenvalue weighted by atomic mass is 16.7. The molecule has 30 heavy (non-hydrogen) atoms. The number of nitrogens with zero attached hydrogens (tertiary/aromatic N) is 3. The number of Topliss-reactive ketones (excluding diaryl/α,β-unsaturated/α-hetero) is 1. The first-order valence-corrected chi connectivity index (χ1v) is 10.3. The molecule has 3 rings (SSSR count). The van der Waals surface area contributed by atoms with Gasteiger partial charge in [-0.2, -0.15) is 0 Å². The van der Waals surface area contributed by atoms with Crippen LogP contribution in [0.15, 0.2) is 48.7 Å². The first-order valence-electron chi connectivity index (χ1n) is 10.3. The summed E-state index contributed by atoms with van der Waals surface area (Å²) in [5.41, 5.74) is 4.99. The molecule has 1 heterocycles. The summed E-state index contributed by atoms with van der Waals surface area (Å²) < 4.78 is 12.2. The molecule has 0 fully saturated rings. The van der Waals surface area contributed by atoms with Crippen LogP contribution in [0.3, 0.4) is 0 Å². The van der Waals surface area contributed by atoms with Crippen molar-refractivity contribution >= 4 is 5.78 Å². The molecule has 0 saturated heterocycles. The van der Waals surface area contributed by atoms with Crippen molar-refractivity contribution in [2.75, 3.05) is 13.9 Å². The highest BCUT2D eigenvalue weighted by Crippen LogP contribution is 2.19. The lowest BCUT2D eigenvalue weighted by molar-refractivity contribution is -0.117. The summed E-state index contributed by atoms with van der Waals surface area (Å²) in [6.07, 6.45) is 5.93. The lowest BCUT2D eigenvalue weighted by atomic mass is 9.99. The Balaban J connectivity index is 1.60. The molecule has 0 N–H and O–H groups in total. The van der Waals surface area contributed by atoms with E-state index < -0.39 is 0 Å². The number of carbonyl (C=O) groups excluding carboxylic acids is 1. The van der Waals surface area contributed by atoms with E-state index >= 15 is 0 Å². The number of aryl methyl sites for hydroxylation is 2. The average Bonchev–Trinajstić information content (AvgIpc) is 3.22. The Morgan fingerprint density at radius 3 is 2.63 bits per heavy atom. The fourth-order valence-electron chi connectivity index (χ4n) is 3.22. The van der Waals surface area contributed by atoms with E-state index in [1.807, 2.05) is 55.6 Å². The predicted octanol–water partition coefficient (Wildman–Crippen LogP) is 4.26. The van der Waals surface area contributed by atoms with E-state index in [0.29, 0.717) is 18.6 Å². The Bertz CT molecular complexity index is 964. The lowest BCUT2D eigenvalue weighted by Crippen LogP contribution is -2.08. The number of aromatic nitrogens is 3. The number of unbranched alkanes of at least 4 members (excludes halogenated alkanes) is 1. The zero-order chi connectivity index (χ0) is 21.3. The van der Waals surface area contributed by atoms with E-state index in [4.69, 9.17) is 9.47 Å². The van der Waals surface area contributed by atoms with Crippen molar-refractivity contribution in [1.82, 2.24) is 15.0 Å². The maximum atomic E-state index is 12.6. The van der Waals surface area contributed by atoms with Crippen LogP contribution in [0, 0.1) is 6.92 Å². The van der Waals surface area contributed by atoms with Gasteiger partial charge in [-0.05, 0) is 60.7 Å². The topological polar surface area (TPSA) is 66.2 Å². The summed E-state index contributed by atoms with van der Waals surface area (Å²) >= 11 is 0. The summed E-state index contributed by atoms with van der Waals surface area (Å²) in [4.78, 5) is 12.6. The third-order valence-electron chi connectivity index (χ3n) is 4.98. The summed E-state index contributed by atoms with van der Waals surface area (Å²) in [5.74, 6) is 0.873. The molecule has 0 aliphatic rings. The third-order valence-corrected chi connectivity index (χ3v) is 4.98. The Hall–Kier alpha value is -2.99. The van der Waals surface area contributed by atoms with Crippen LogP contribution in [0.5, 0.6) is 5.75 Å². The maximum Gasteiger partial charge on any atom is 0.188 e. The molecule has 158 valence electrons. The molecular formula is C24H29N3O3. The zero-order valence-electron chi connectivity index (χ0n) is 17.9. The molecule has 0 bridgehead atoms. The number of ketones is 1. The van der Waals surface area contributed by atoms with Gasteiger partial charge in [0.05, 0.1) is 17.6 Å². The fraction of sp³-hybridized carbons (Fsp3) is 0.375. The van der Waals surface area contributed by atoms with E-state index in [2.05, 4.69) is 17.2 Å². The smallest absolute Gasteiger partial charge is 0.188 e. The zero-order valence-corrected chi connectivity index (χ0v) is 17.9. The number of ether oxygens (including phenoxy) is 2. The van der Waals surface area contributed by atoms with Gasteiger partial charge in [0, 0.05) is 20.0 Å². The molecule has 6 heteroatoms. The molecule has 0 aliphatic heterocycles. The van der Waals surface area contributed by atoms with Gasteiger partial charge < -0.3 is 9.47 Å². The highest BCUT2D eigenvalue weighted by Gasteiger charge is 2.10. The first kappa shape index (κ1) is 21.7. The Morgan fingerprint density at radius 2 is 1.90 bits per heavy atom. The first-order chi connectivity index (χ1) is 14.6. The maximum absolute atomic E-state index is 12.6.